The lowest BCUT2D eigenvalue weighted by Crippen LogP contribution is -2.48. The fraction of sp³-hybridized carbons (Fsp3) is 0.381. The van der Waals surface area contributed by atoms with Gasteiger partial charge in [-0.25, -0.2) is 0 Å². The van der Waals surface area contributed by atoms with Crippen LogP contribution in [0.25, 0.3) is 0 Å². The number of ether oxygens (including phenoxy) is 1. The number of piperazine rings is 1. The molecule has 4 heteroatoms. The van der Waals surface area contributed by atoms with E-state index in [-0.39, 0.29) is 5.91 Å². The van der Waals surface area contributed by atoms with Crippen molar-refractivity contribution in [1.82, 2.24) is 9.80 Å². The summed E-state index contributed by atoms with van der Waals surface area (Å²) in [6, 6.07) is 16.3. The lowest BCUT2D eigenvalue weighted by molar-refractivity contribution is -0.132. The van der Waals surface area contributed by atoms with Gasteiger partial charge < -0.3 is 9.64 Å². The van der Waals surface area contributed by atoms with Gasteiger partial charge in [-0.2, -0.15) is 0 Å². The molecule has 2 aromatic carbocycles. The van der Waals surface area contributed by atoms with Crippen LogP contribution >= 0.6 is 0 Å². The number of rotatable bonds is 5. The molecule has 0 unspecified atom stereocenters. The van der Waals surface area contributed by atoms with Gasteiger partial charge in [0.2, 0.25) is 5.91 Å². The van der Waals surface area contributed by atoms with Crippen molar-refractivity contribution in [1.29, 1.82) is 0 Å². The Morgan fingerprint density at radius 1 is 1.00 bits per heavy atom. The number of methoxy groups -OCH3 is 1. The monoisotopic (exact) mass is 338 g/mol. The van der Waals surface area contributed by atoms with E-state index in [9.17, 15) is 4.79 Å². The van der Waals surface area contributed by atoms with E-state index >= 15 is 0 Å². The predicted octanol–water partition coefficient (Wildman–Crippen LogP) is 2.89. The fourth-order valence-corrected chi connectivity index (χ4v) is 3.23. The molecule has 3 rings (SSSR count). The summed E-state index contributed by atoms with van der Waals surface area (Å²) in [7, 11) is 1.68. The van der Waals surface area contributed by atoms with E-state index in [2.05, 4.69) is 30.0 Å². The highest BCUT2D eigenvalue weighted by Gasteiger charge is 2.21. The molecule has 132 valence electrons. The number of nitrogens with zero attached hydrogens (tertiary/aromatic N) is 2. The molecule has 2 aromatic rings. The Balaban J connectivity index is 1.49. The Morgan fingerprint density at radius 3 is 2.32 bits per heavy atom. The van der Waals surface area contributed by atoms with Crippen LogP contribution in [-0.4, -0.2) is 49.0 Å². The molecular weight excluding hydrogens is 312 g/mol. The maximum atomic E-state index is 12.5. The molecule has 1 heterocycles. The van der Waals surface area contributed by atoms with E-state index in [0.29, 0.717) is 6.42 Å². The minimum absolute atomic E-state index is 0.235. The highest BCUT2D eigenvalue weighted by molar-refractivity contribution is 5.79. The van der Waals surface area contributed by atoms with E-state index < -0.39 is 0 Å². The molecule has 0 N–H and O–H groups in total. The van der Waals surface area contributed by atoms with Crippen molar-refractivity contribution in [3.05, 3.63) is 65.2 Å². The van der Waals surface area contributed by atoms with Crippen LogP contribution in [0.15, 0.2) is 48.5 Å². The topological polar surface area (TPSA) is 32.8 Å². The molecule has 4 nitrogen and oxygen atoms in total. The Hall–Kier alpha value is -2.33. The fourth-order valence-electron chi connectivity index (χ4n) is 3.23. The van der Waals surface area contributed by atoms with Crippen LogP contribution in [0.2, 0.25) is 0 Å². The number of aryl methyl sites for hydroxylation is 1. The second-order valence-corrected chi connectivity index (χ2v) is 6.61. The van der Waals surface area contributed by atoms with Crippen molar-refractivity contribution in [2.75, 3.05) is 33.3 Å². The molecule has 0 bridgehead atoms. The second-order valence-electron chi connectivity index (χ2n) is 6.61. The van der Waals surface area contributed by atoms with Gasteiger partial charge in [-0.1, -0.05) is 36.4 Å². The first-order valence-electron chi connectivity index (χ1n) is 8.83. The van der Waals surface area contributed by atoms with Crippen LogP contribution < -0.4 is 4.74 Å². The second kappa shape index (κ2) is 8.17. The minimum atomic E-state index is 0.235. The summed E-state index contributed by atoms with van der Waals surface area (Å²) in [5.41, 5.74) is 3.60. The summed E-state index contributed by atoms with van der Waals surface area (Å²) < 4.78 is 5.20. The van der Waals surface area contributed by atoms with E-state index in [1.165, 1.54) is 11.1 Å². The highest BCUT2D eigenvalue weighted by atomic mass is 16.5. The molecule has 1 aliphatic rings. The Morgan fingerprint density at radius 2 is 1.68 bits per heavy atom. The number of hydrogen-bond acceptors (Lipinski definition) is 3. The van der Waals surface area contributed by atoms with Gasteiger partial charge in [0.1, 0.15) is 5.75 Å². The van der Waals surface area contributed by atoms with Gasteiger partial charge in [-0.05, 0) is 35.7 Å². The summed E-state index contributed by atoms with van der Waals surface area (Å²) in [6.07, 6.45) is 0.505. The van der Waals surface area contributed by atoms with Gasteiger partial charge in [0.25, 0.3) is 0 Å². The molecule has 1 amide bonds. The first kappa shape index (κ1) is 17.5. The van der Waals surface area contributed by atoms with Crippen LogP contribution in [0.4, 0.5) is 0 Å². The standard InChI is InChI=1S/C21H26N2O2/c1-17-5-3-4-6-19(17)15-21(24)23-13-11-22(12-14-23)16-18-7-9-20(25-2)10-8-18/h3-10H,11-16H2,1-2H3. The van der Waals surface area contributed by atoms with E-state index in [4.69, 9.17) is 4.74 Å². The summed E-state index contributed by atoms with van der Waals surface area (Å²) in [5, 5.41) is 0. The average molecular weight is 338 g/mol. The van der Waals surface area contributed by atoms with Crippen LogP contribution in [0.5, 0.6) is 5.75 Å². The predicted molar refractivity (Wildman–Crippen MR) is 99.7 cm³/mol. The van der Waals surface area contributed by atoms with Crippen molar-refractivity contribution in [2.24, 2.45) is 0 Å². The smallest absolute Gasteiger partial charge is 0.227 e. The summed E-state index contributed by atoms with van der Waals surface area (Å²) >= 11 is 0. The van der Waals surface area contributed by atoms with Gasteiger partial charge >= 0.3 is 0 Å². The zero-order valence-electron chi connectivity index (χ0n) is 15.1. The van der Waals surface area contributed by atoms with E-state index in [1.54, 1.807) is 7.11 Å². The first-order chi connectivity index (χ1) is 12.2. The average Bonchev–Trinajstić information content (AvgIpc) is 2.65. The molecule has 0 spiro atoms. The van der Waals surface area contributed by atoms with Crippen molar-refractivity contribution < 1.29 is 9.53 Å². The van der Waals surface area contributed by atoms with Gasteiger partial charge in [-0.3, -0.25) is 9.69 Å². The third-order valence-corrected chi connectivity index (χ3v) is 4.89. The summed E-state index contributed by atoms with van der Waals surface area (Å²) in [4.78, 5) is 16.9. The first-order valence-corrected chi connectivity index (χ1v) is 8.83. The Labute approximate surface area is 150 Å². The van der Waals surface area contributed by atoms with Crippen LogP contribution in [0.1, 0.15) is 16.7 Å². The van der Waals surface area contributed by atoms with Crippen molar-refractivity contribution >= 4 is 5.91 Å². The maximum absolute atomic E-state index is 12.5. The third kappa shape index (κ3) is 4.60. The SMILES string of the molecule is COc1ccc(CN2CCN(C(=O)Cc3ccccc3C)CC2)cc1. The third-order valence-electron chi connectivity index (χ3n) is 4.89. The molecule has 0 aromatic heterocycles. The lowest BCUT2D eigenvalue weighted by Gasteiger charge is -2.35. The summed E-state index contributed by atoms with van der Waals surface area (Å²) in [5.74, 6) is 1.12. The molecular formula is C21H26N2O2. The highest BCUT2D eigenvalue weighted by Crippen LogP contribution is 2.15. The molecule has 1 fully saturated rings. The summed E-state index contributed by atoms with van der Waals surface area (Å²) in [6.45, 7) is 6.44. The maximum Gasteiger partial charge on any atom is 0.227 e. The van der Waals surface area contributed by atoms with Crippen molar-refractivity contribution in [3.8, 4) is 5.75 Å². The number of amides is 1. The van der Waals surface area contributed by atoms with Gasteiger partial charge in [0, 0.05) is 32.7 Å². The number of benzene rings is 2. The van der Waals surface area contributed by atoms with Crippen LogP contribution in [-0.2, 0) is 17.8 Å². The quantitative estimate of drug-likeness (QED) is 0.840. The van der Waals surface area contributed by atoms with Crippen molar-refractivity contribution in [2.45, 2.75) is 19.9 Å². The van der Waals surface area contributed by atoms with Crippen LogP contribution in [0.3, 0.4) is 0 Å². The number of hydrogen-bond donors (Lipinski definition) is 0. The molecule has 1 saturated heterocycles. The van der Waals surface area contributed by atoms with Crippen molar-refractivity contribution in [3.63, 3.8) is 0 Å². The lowest BCUT2D eigenvalue weighted by atomic mass is 10.1. The van der Waals surface area contributed by atoms with Gasteiger partial charge in [0.15, 0.2) is 0 Å². The van der Waals surface area contributed by atoms with Crippen LogP contribution in [0, 0.1) is 6.92 Å². The van der Waals surface area contributed by atoms with E-state index in [1.807, 2.05) is 35.2 Å². The molecule has 0 atom stereocenters. The normalized spacial score (nSPS) is 15.2. The minimum Gasteiger partial charge on any atom is -0.497 e. The van der Waals surface area contributed by atoms with E-state index in [0.717, 1.165) is 44.0 Å². The number of carbonyl (C=O) groups is 1. The Bertz CT molecular complexity index is 704. The molecule has 25 heavy (non-hydrogen) atoms. The molecule has 0 aliphatic carbocycles. The number of carbonyl (C=O) groups excluding carboxylic acids is 1. The largest absolute Gasteiger partial charge is 0.497 e. The van der Waals surface area contributed by atoms with Gasteiger partial charge in [-0.15, -0.1) is 0 Å². The zero-order valence-corrected chi connectivity index (χ0v) is 15.1. The zero-order chi connectivity index (χ0) is 17.6. The van der Waals surface area contributed by atoms with Gasteiger partial charge in [0.05, 0.1) is 13.5 Å². The molecule has 0 radical (unpaired) electrons. The Kier molecular flexibility index (Phi) is 5.71. The molecule has 0 saturated carbocycles. The molecule has 1 aliphatic heterocycles.